The Morgan fingerprint density at radius 1 is 1.15 bits per heavy atom. The van der Waals surface area contributed by atoms with Crippen LogP contribution in [-0.2, 0) is 6.61 Å². The molecule has 1 atom stereocenters. The summed E-state index contributed by atoms with van der Waals surface area (Å²) in [5, 5.41) is 4.21. The third-order valence-electron chi connectivity index (χ3n) is 4.18. The lowest BCUT2D eigenvalue weighted by molar-refractivity contribution is 0.299. The van der Waals surface area contributed by atoms with Gasteiger partial charge < -0.3 is 9.47 Å². The van der Waals surface area contributed by atoms with Gasteiger partial charge in [-0.1, -0.05) is 24.3 Å². The Balaban J connectivity index is 1.77. The molecule has 0 amide bonds. The highest BCUT2D eigenvalue weighted by Crippen LogP contribution is 2.23. The van der Waals surface area contributed by atoms with E-state index in [1.165, 1.54) is 23.0 Å². The lowest BCUT2D eigenvalue weighted by Crippen LogP contribution is -2.27. The van der Waals surface area contributed by atoms with Gasteiger partial charge in [-0.2, -0.15) is 5.10 Å². The Morgan fingerprint density at radius 3 is 2.44 bits per heavy atom. The van der Waals surface area contributed by atoms with Crippen molar-refractivity contribution in [1.29, 1.82) is 0 Å². The average molecular weight is 433 g/mol. The van der Waals surface area contributed by atoms with Gasteiger partial charge in [0, 0.05) is 0 Å². The summed E-state index contributed by atoms with van der Waals surface area (Å²) >= 11 is 3.30. The number of rotatable bonds is 6. The van der Waals surface area contributed by atoms with Crippen LogP contribution in [0.2, 0.25) is 0 Å². The monoisotopic (exact) mass is 432 g/mol. The van der Waals surface area contributed by atoms with Gasteiger partial charge in [0.2, 0.25) is 0 Å². The summed E-state index contributed by atoms with van der Waals surface area (Å²) in [5.41, 5.74) is 1.40. The molecule has 0 aliphatic heterocycles. The van der Waals surface area contributed by atoms with Crippen molar-refractivity contribution in [3.63, 3.8) is 0 Å². The molecule has 0 aliphatic rings. The summed E-state index contributed by atoms with van der Waals surface area (Å²) in [4.78, 5) is 12.6. The fourth-order valence-electron chi connectivity index (χ4n) is 2.57. The second-order valence-electron chi connectivity index (χ2n) is 5.94. The summed E-state index contributed by atoms with van der Waals surface area (Å²) < 4.78 is 25.6. The van der Waals surface area contributed by atoms with Crippen LogP contribution in [0.3, 0.4) is 0 Å². The summed E-state index contributed by atoms with van der Waals surface area (Å²) in [6.07, 6.45) is 1.50. The molecule has 0 spiro atoms. The van der Waals surface area contributed by atoms with Crippen molar-refractivity contribution >= 4 is 15.9 Å². The van der Waals surface area contributed by atoms with Crippen LogP contribution in [0.1, 0.15) is 24.1 Å². The van der Waals surface area contributed by atoms with Crippen LogP contribution < -0.4 is 15.0 Å². The summed E-state index contributed by atoms with van der Waals surface area (Å²) in [6, 6.07) is 13.1. The molecule has 0 fully saturated rings. The third kappa shape index (κ3) is 4.36. The highest BCUT2D eigenvalue weighted by atomic mass is 79.9. The number of nitrogens with zero attached hydrogens (tertiary/aromatic N) is 2. The first-order chi connectivity index (χ1) is 13.0. The number of hydrogen-bond acceptors (Lipinski definition) is 4. The average Bonchev–Trinajstić information content (AvgIpc) is 2.69. The zero-order valence-corrected chi connectivity index (χ0v) is 16.4. The van der Waals surface area contributed by atoms with E-state index in [1.807, 2.05) is 31.2 Å². The predicted octanol–water partition coefficient (Wildman–Crippen LogP) is 4.34. The van der Waals surface area contributed by atoms with Crippen LogP contribution >= 0.6 is 15.9 Å². The summed E-state index contributed by atoms with van der Waals surface area (Å²) in [7, 11) is 1.61. The maximum Gasteiger partial charge on any atom is 0.285 e. The Labute approximate surface area is 164 Å². The minimum absolute atomic E-state index is 0.292. The van der Waals surface area contributed by atoms with Gasteiger partial charge in [0.25, 0.3) is 5.56 Å². The molecular weight excluding hydrogens is 415 g/mol. The minimum atomic E-state index is -0.343. The second-order valence-corrected chi connectivity index (χ2v) is 6.73. The third-order valence-corrected chi connectivity index (χ3v) is 4.91. The van der Waals surface area contributed by atoms with Crippen LogP contribution in [0.25, 0.3) is 0 Å². The Bertz CT molecular complexity index is 972. The molecule has 0 saturated heterocycles. The fourth-order valence-corrected chi connectivity index (χ4v) is 2.97. The molecule has 0 bridgehead atoms. The van der Waals surface area contributed by atoms with Gasteiger partial charge >= 0.3 is 0 Å². The summed E-state index contributed by atoms with van der Waals surface area (Å²) in [5.74, 6) is 0.798. The first kappa shape index (κ1) is 19.1. The minimum Gasteiger partial charge on any atom is -0.497 e. The molecule has 0 saturated carbocycles. The molecular formula is C20H18BrFN2O3. The van der Waals surface area contributed by atoms with Crippen LogP contribution in [0.15, 0.2) is 64.0 Å². The van der Waals surface area contributed by atoms with Crippen molar-refractivity contribution in [2.45, 2.75) is 19.6 Å². The van der Waals surface area contributed by atoms with E-state index in [0.29, 0.717) is 16.8 Å². The van der Waals surface area contributed by atoms with Gasteiger partial charge in [-0.05, 0) is 58.2 Å². The van der Waals surface area contributed by atoms with Gasteiger partial charge in [-0.25, -0.2) is 9.07 Å². The largest absolute Gasteiger partial charge is 0.497 e. The van der Waals surface area contributed by atoms with E-state index in [9.17, 15) is 9.18 Å². The standard InChI is InChI=1S/C20H18BrFN2O3/c1-13(15-5-7-16(22)8-6-15)24-20(25)19(21)18(11-23-24)27-12-14-3-9-17(26-2)10-4-14/h3-11,13H,12H2,1-2H3. The molecule has 0 N–H and O–H groups in total. The highest BCUT2D eigenvalue weighted by molar-refractivity contribution is 9.10. The molecule has 3 aromatic rings. The Morgan fingerprint density at radius 2 is 1.81 bits per heavy atom. The lowest BCUT2D eigenvalue weighted by atomic mass is 10.1. The molecule has 5 nitrogen and oxygen atoms in total. The van der Waals surface area contributed by atoms with E-state index < -0.39 is 0 Å². The number of ether oxygens (including phenoxy) is 2. The molecule has 1 unspecified atom stereocenters. The van der Waals surface area contributed by atoms with Crippen molar-refractivity contribution in [3.05, 3.63) is 86.5 Å². The van der Waals surface area contributed by atoms with E-state index >= 15 is 0 Å². The molecule has 140 valence electrons. The van der Waals surface area contributed by atoms with E-state index in [0.717, 1.165) is 16.9 Å². The lowest BCUT2D eigenvalue weighted by Gasteiger charge is -2.16. The molecule has 1 heterocycles. The van der Waals surface area contributed by atoms with Crippen LogP contribution in [0, 0.1) is 5.82 Å². The van der Waals surface area contributed by atoms with Crippen molar-refractivity contribution in [1.82, 2.24) is 9.78 Å². The van der Waals surface area contributed by atoms with E-state index in [1.54, 1.807) is 19.2 Å². The fraction of sp³-hybridized carbons (Fsp3) is 0.200. The van der Waals surface area contributed by atoms with E-state index in [2.05, 4.69) is 21.0 Å². The Kier molecular flexibility index (Phi) is 5.91. The zero-order chi connectivity index (χ0) is 19.4. The number of halogens is 2. The first-order valence-electron chi connectivity index (χ1n) is 8.28. The van der Waals surface area contributed by atoms with Crippen LogP contribution in [0.5, 0.6) is 11.5 Å². The van der Waals surface area contributed by atoms with Gasteiger partial charge in [0.1, 0.15) is 22.6 Å². The normalized spacial score (nSPS) is 11.9. The van der Waals surface area contributed by atoms with Gasteiger partial charge in [-0.3, -0.25) is 4.79 Å². The van der Waals surface area contributed by atoms with E-state index in [4.69, 9.17) is 9.47 Å². The van der Waals surface area contributed by atoms with Crippen molar-refractivity contribution in [2.24, 2.45) is 0 Å². The summed E-state index contributed by atoms with van der Waals surface area (Å²) in [6.45, 7) is 2.12. The predicted molar refractivity (Wildman–Crippen MR) is 104 cm³/mol. The Hall–Kier alpha value is -2.67. The maximum absolute atomic E-state index is 13.1. The number of benzene rings is 2. The topological polar surface area (TPSA) is 53.4 Å². The number of hydrogen-bond donors (Lipinski definition) is 0. The van der Waals surface area contributed by atoms with E-state index in [-0.39, 0.29) is 17.4 Å². The van der Waals surface area contributed by atoms with Crippen molar-refractivity contribution in [2.75, 3.05) is 7.11 Å². The first-order valence-corrected chi connectivity index (χ1v) is 9.07. The molecule has 0 radical (unpaired) electrons. The molecule has 27 heavy (non-hydrogen) atoms. The van der Waals surface area contributed by atoms with Gasteiger partial charge in [-0.15, -0.1) is 0 Å². The van der Waals surface area contributed by atoms with Crippen LogP contribution in [0.4, 0.5) is 4.39 Å². The molecule has 0 aliphatic carbocycles. The second kappa shape index (κ2) is 8.35. The maximum atomic E-state index is 13.1. The molecule has 3 rings (SSSR count). The number of aromatic nitrogens is 2. The van der Waals surface area contributed by atoms with Crippen molar-refractivity contribution < 1.29 is 13.9 Å². The molecule has 2 aromatic carbocycles. The van der Waals surface area contributed by atoms with Gasteiger partial charge in [0.15, 0.2) is 5.75 Å². The number of methoxy groups -OCH3 is 1. The smallest absolute Gasteiger partial charge is 0.285 e. The molecule has 1 aromatic heterocycles. The quantitative estimate of drug-likeness (QED) is 0.581. The van der Waals surface area contributed by atoms with Crippen molar-refractivity contribution in [3.8, 4) is 11.5 Å². The SMILES string of the molecule is COc1ccc(COc2cnn(C(C)c3ccc(F)cc3)c(=O)c2Br)cc1. The van der Waals surface area contributed by atoms with Gasteiger partial charge in [0.05, 0.1) is 19.3 Å². The molecule has 7 heteroatoms. The van der Waals surface area contributed by atoms with Crippen LogP contribution in [-0.4, -0.2) is 16.9 Å². The zero-order valence-electron chi connectivity index (χ0n) is 14.9. The highest BCUT2D eigenvalue weighted by Gasteiger charge is 2.16.